The fraction of sp³-hybridized carbons (Fsp3) is 0.400. The lowest BCUT2D eigenvalue weighted by Crippen LogP contribution is -2.16. The van der Waals surface area contributed by atoms with Gasteiger partial charge in [-0.3, -0.25) is 4.72 Å². The van der Waals surface area contributed by atoms with E-state index < -0.39 is 15.8 Å². The quantitative estimate of drug-likeness (QED) is 0.908. The Kier molecular flexibility index (Phi) is 4.73. The van der Waals surface area contributed by atoms with Gasteiger partial charge in [-0.25, -0.2) is 12.8 Å². The summed E-state index contributed by atoms with van der Waals surface area (Å²) in [6.07, 6.45) is 1.38. The molecule has 0 heterocycles. The number of nitrogens with one attached hydrogen (secondary N) is 1. The first-order chi connectivity index (χ1) is 7.44. The highest BCUT2D eigenvalue weighted by atomic mass is 79.9. The van der Waals surface area contributed by atoms with Crippen LogP contribution in [0.4, 0.5) is 10.1 Å². The zero-order valence-corrected chi connectivity index (χ0v) is 11.2. The van der Waals surface area contributed by atoms with Crippen LogP contribution >= 0.6 is 15.9 Å². The highest BCUT2D eigenvalue weighted by Gasteiger charge is 2.12. The van der Waals surface area contributed by atoms with Gasteiger partial charge in [0.15, 0.2) is 0 Å². The van der Waals surface area contributed by atoms with E-state index in [0.29, 0.717) is 10.9 Å². The first-order valence-electron chi connectivity index (χ1n) is 4.90. The molecule has 0 aliphatic carbocycles. The summed E-state index contributed by atoms with van der Waals surface area (Å²) in [6.45, 7) is 1.91. The van der Waals surface area contributed by atoms with E-state index in [1.165, 1.54) is 12.1 Å². The van der Waals surface area contributed by atoms with Crippen molar-refractivity contribution in [2.75, 3.05) is 10.5 Å². The summed E-state index contributed by atoms with van der Waals surface area (Å²) in [4.78, 5) is 0. The van der Waals surface area contributed by atoms with Gasteiger partial charge in [0.25, 0.3) is 0 Å². The van der Waals surface area contributed by atoms with Crippen LogP contribution in [0, 0.1) is 5.82 Å². The topological polar surface area (TPSA) is 46.2 Å². The molecule has 90 valence electrons. The Morgan fingerprint density at radius 1 is 1.44 bits per heavy atom. The molecule has 3 nitrogen and oxygen atoms in total. The van der Waals surface area contributed by atoms with Crippen LogP contribution in [0.3, 0.4) is 0 Å². The van der Waals surface area contributed by atoms with Crippen molar-refractivity contribution in [2.24, 2.45) is 0 Å². The minimum Gasteiger partial charge on any atom is -0.282 e. The molecule has 1 N–H and O–H groups in total. The number of unbranched alkanes of at least 4 members (excludes halogenated alkanes) is 1. The van der Waals surface area contributed by atoms with Gasteiger partial charge in [-0.1, -0.05) is 13.3 Å². The second-order valence-electron chi connectivity index (χ2n) is 3.40. The molecule has 16 heavy (non-hydrogen) atoms. The van der Waals surface area contributed by atoms with Gasteiger partial charge in [0.2, 0.25) is 10.0 Å². The largest absolute Gasteiger partial charge is 0.282 e. The molecule has 0 radical (unpaired) electrons. The second kappa shape index (κ2) is 5.63. The summed E-state index contributed by atoms with van der Waals surface area (Å²) in [5.74, 6) is -0.427. The smallest absolute Gasteiger partial charge is 0.232 e. The number of halogens is 2. The number of sulfonamides is 1. The molecular formula is C10H13BrFNO2S. The van der Waals surface area contributed by atoms with Crippen molar-refractivity contribution in [1.82, 2.24) is 0 Å². The van der Waals surface area contributed by atoms with Gasteiger partial charge in [-0.05, 0) is 40.5 Å². The molecule has 0 aliphatic rings. The fourth-order valence-corrected chi connectivity index (χ4v) is 2.88. The first-order valence-corrected chi connectivity index (χ1v) is 7.34. The molecule has 0 bridgehead atoms. The Labute approximate surface area is 103 Å². The average molecular weight is 310 g/mol. The maximum Gasteiger partial charge on any atom is 0.232 e. The molecule has 0 unspecified atom stereocenters. The van der Waals surface area contributed by atoms with E-state index in [1.807, 2.05) is 6.92 Å². The van der Waals surface area contributed by atoms with E-state index in [1.54, 1.807) is 0 Å². The molecule has 0 amide bonds. The third-order valence-corrected chi connectivity index (χ3v) is 4.01. The lowest BCUT2D eigenvalue weighted by atomic mass is 10.3. The lowest BCUT2D eigenvalue weighted by Gasteiger charge is -2.09. The number of benzene rings is 1. The maximum atomic E-state index is 12.9. The summed E-state index contributed by atoms with van der Waals surface area (Å²) in [7, 11) is -3.38. The van der Waals surface area contributed by atoms with Crippen molar-refractivity contribution in [3.63, 3.8) is 0 Å². The third-order valence-electron chi connectivity index (χ3n) is 1.96. The highest BCUT2D eigenvalue weighted by Crippen LogP contribution is 2.24. The van der Waals surface area contributed by atoms with E-state index in [9.17, 15) is 12.8 Å². The summed E-state index contributed by atoms with van der Waals surface area (Å²) >= 11 is 3.16. The third kappa shape index (κ3) is 4.09. The predicted molar refractivity (Wildman–Crippen MR) is 66.4 cm³/mol. The summed E-state index contributed by atoms with van der Waals surface area (Å²) in [6, 6.07) is 3.87. The molecular weight excluding hydrogens is 297 g/mol. The van der Waals surface area contributed by atoms with Crippen LogP contribution in [-0.2, 0) is 10.0 Å². The van der Waals surface area contributed by atoms with Crippen LogP contribution in [0.25, 0.3) is 0 Å². The van der Waals surface area contributed by atoms with Crippen LogP contribution in [0.1, 0.15) is 19.8 Å². The molecule has 0 aromatic heterocycles. The van der Waals surface area contributed by atoms with E-state index in [0.717, 1.165) is 12.5 Å². The number of rotatable bonds is 5. The van der Waals surface area contributed by atoms with Crippen molar-refractivity contribution in [3.8, 4) is 0 Å². The SMILES string of the molecule is CCCCS(=O)(=O)Nc1cc(F)ccc1Br. The van der Waals surface area contributed by atoms with Gasteiger partial charge < -0.3 is 0 Å². The Morgan fingerprint density at radius 2 is 2.12 bits per heavy atom. The minimum atomic E-state index is -3.38. The van der Waals surface area contributed by atoms with E-state index in [2.05, 4.69) is 20.7 Å². The molecule has 0 saturated carbocycles. The Hall–Kier alpha value is -0.620. The van der Waals surface area contributed by atoms with Gasteiger partial charge in [-0.2, -0.15) is 0 Å². The Balaban J connectivity index is 2.83. The van der Waals surface area contributed by atoms with Gasteiger partial charge in [0.05, 0.1) is 11.4 Å². The molecule has 1 aromatic rings. The Bertz CT molecular complexity index is 462. The van der Waals surface area contributed by atoms with E-state index in [-0.39, 0.29) is 11.4 Å². The van der Waals surface area contributed by atoms with Crippen molar-refractivity contribution in [2.45, 2.75) is 19.8 Å². The number of hydrogen-bond acceptors (Lipinski definition) is 2. The molecule has 0 atom stereocenters. The van der Waals surface area contributed by atoms with Gasteiger partial charge in [-0.15, -0.1) is 0 Å². The number of hydrogen-bond donors (Lipinski definition) is 1. The standard InChI is InChI=1S/C10H13BrFNO2S/c1-2-3-6-16(14,15)13-10-7-8(12)4-5-9(10)11/h4-5,7,13H,2-3,6H2,1H3. The van der Waals surface area contributed by atoms with Gasteiger partial charge in [0.1, 0.15) is 5.82 Å². The Morgan fingerprint density at radius 3 is 2.75 bits per heavy atom. The van der Waals surface area contributed by atoms with Gasteiger partial charge in [0, 0.05) is 4.47 Å². The summed E-state index contributed by atoms with van der Waals surface area (Å²) in [5, 5.41) is 0. The van der Waals surface area contributed by atoms with Crippen molar-refractivity contribution in [1.29, 1.82) is 0 Å². The lowest BCUT2D eigenvalue weighted by molar-refractivity contribution is 0.597. The fourth-order valence-electron chi connectivity index (χ4n) is 1.13. The van der Waals surface area contributed by atoms with E-state index >= 15 is 0 Å². The van der Waals surface area contributed by atoms with Crippen molar-refractivity contribution in [3.05, 3.63) is 28.5 Å². The first kappa shape index (κ1) is 13.4. The maximum absolute atomic E-state index is 12.9. The predicted octanol–water partition coefficient (Wildman–Crippen LogP) is 3.13. The van der Waals surface area contributed by atoms with Crippen LogP contribution in [0.5, 0.6) is 0 Å². The molecule has 1 aromatic carbocycles. The zero-order chi connectivity index (χ0) is 12.2. The summed E-state index contributed by atoms with van der Waals surface area (Å²) in [5.41, 5.74) is 0.233. The average Bonchev–Trinajstić information content (AvgIpc) is 2.20. The van der Waals surface area contributed by atoms with E-state index in [4.69, 9.17) is 0 Å². The molecule has 0 spiro atoms. The number of anilines is 1. The molecule has 6 heteroatoms. The molecule has 0 saturated heterocycles. The van der Waals surface area contributed by atoms with Crippen molar-refractivity contribution < 1.29 is 12.8 Å². The summed E-state index contributed by atoms with van der Waals surface area (Å²) < 4.78 is 38.9. The molecule has 0 fully saturated rings. The van der Waals surface area contributed by atoms with Crippen LogP contribution in [0.2, 0.25) is 0 Å². The van der Waals surface area contributed by atoms with Crippen molar-refractivity contribution >= 4 is 31.6 Å². The monoisotopic (exact) mass is 309 g/mol. The van der Waals surface area contributed by atoms with Crippen LogP contribution in [-0.4, -0.2) is 14.2 Å². The minimum absolute atomic E-state index is 0.0481. The van der Waals surface area contributed by atoms with Crippen LogP contribution < -0.4 is 4.72 Å². The molecule has 1 rings (SSSR count). The zero-order valence-electron chi connectivity index (χ0n) is 8.83. The second-order valence-corrected chi connectivity index (χ2v) is 6.09. The highest BCUT2D eigenvalue weighted by molar-refractivity contribution is 9.10. The molecule has 0 aliphatic heterocycles. The van der Waals surface area contributed by atoms with Gasteiger partial charge >= 0.3 is 0 Å². The normalized spacial score (nSPS) is 11.4. The van der Waals surface area contributed by atoms with Crippen LogP contribution in [0.15, 0.2) is 22.7 Å².